The van der Waals surface area contributed by atoms with E-state index in [1.165, 1.54) is 11.3 Å². The Balaban J connectivity index is 1.39. The van der Waals surface area contributed by atoms with Crippen molar-refractivity contribution >= 4 is 5.91 Å². The number of aromatic nitrogens is 2. The second-order valence-corrected chi connectivity index (χ2v) is 7.67. The van der Waals surface area contributed by atoms with Gasteiger partial charge >= 0.3 is 0 Å². The molecule has 1 aromatic heterocycles. The average molecular weight is 368 g/mol. The van der Waals surface area contributed by atoms with Crippen molar-refractivity contribution in [3.63, 3.8) is 0 Å². The molecule has 6 nitrogen and oxygen atoms in total. The fourth-order valence-electron chi connectivity index (χ4n) is 4.12. The number of fused-ring (bicyclic) bond motifs is 1. The Labute approximate surface area is 160 Å². The van der Waals surface area contributed by atoms with Crippen LogP contribution < -0.4 is 0 Å². The maximum absolute atomic E-state index is 12.8. The quantitative estimate of drug-likeness (QED) is 0.833. The van der Waals surface area contributed by atoms with Crippen LogP contribution in [0, 0.1) is 12.8 Å². The molecule has 6 heteroatoms. The van der Waals surface area contributed by atoms with Crippen LogP contribution in [-0.4, -0.2) is 52.2 Å². The maximum atomic E-state index is 12.8. The van der Waals surface area contributed by atoms with E-state index >= 15 is 0 Å². The van der Waals surface area contributed by atoms with E-state index in [-0.39, 0.29) is 5.91 Å². The van der Waals surface area contributed by atoms with E-state index in [9.17, 15) is 4.79 Å². The van der Waals surface area contributed by atoms with E-state index in [1.807, 2.05) is 16.3 Å². The highest BCUT2D eigenvalue weighted by Crippen LogP contribution is 2.25. The van der Waals surface area contributed by atoms with Crippen LogP contribution in [0.25, 0.3) is 5.69 Å². The third-order valence-corrected chi connectivity index (χ3v) is 5.87. The molecule has 1 saturated heterocycles. The Morgan fingerprint density at radius 2 is 1.93 bits per heavy atom. The van der Waals surface area contributed by atoms with Gasteiger partial charge in [-0.05, 0) is 37.8 Å². The minimum absolute atomic E-state index is 0.265. The summed E-state index contributed by atoms with van der Waals surface area (Å²) in [6.07, 6.45) is 5.45. The van der Waals surface area contributed by atoms with Gasteiger partial charge in [-0.25, -0.2) is 4.98 Å². The minimum atomic E-state index is 0.265. The summed E-state index contributed by atoms with van der Waals surface area (Å²) in [7, 11) is 1.71. The number of hydrogen-bond acceptors (Lipinski definition) is 4. The smallest absolute Gasteiger partial charge is 0.223 e. The zero-order chi connectivity index (χ0) is 18.8. The van der Waals surface area contributed by atoms with Crippen LogP contribution in [-0.2, 0) is 22.6 Å². The lowest BCUT2D eigenvalue weighted by atomic mass is 9.93. The van der Waals surface area contributed by atoms with Gasteiger partial charge < -0.3 is 14.3 Å². The van der Waals surface area contributed by atoms with Crippen molar-refractivity contribution in [1.29, 1.82) is 0 Å². The Morgan fingerprint density at radius 1 is 1.19 bits per heavy atom. The lowest BCUT2D eigenvalue weighted by Gasteiger charge is -2.32. The molecule has 0 unspecified atom stereocenters. The van der Waals surface area contributed by atoms with Crippen molar-refractivity contribution in [3.8, 4) is 5.69 Å². The number of piperidine rings is 1. The fourth-order valence-corrected chi connectivity index (χ4v) is 4.12. The maximum Gasteiger partial charge on any atom is 0.223 e. The monoisotopic (exact) mass is 368 g/mol. The van der Waals surface area contributed by atoms with E-state index < -0.39 is 0 Å². The summed E-state index contributed by atoms with van der Waals surface area (Å²) in [5, 5.41) is 1.98. The highest BCUT2D eigenvalue weighted by Gasteiger charge is 2.28. The van der Waals surface area contributed by atoms with Crippen LogP contribution in [0.1, 0.15) is 36.2 Å². The van der Waals surface area contributed by atoms with E-state index in [0.29, 0.717) is 18.9 Å². The molecule has 0 saturated carbocycles. The molecule has 0 aliphatic carbocycles. The van der Waals surface area contributed by atoms with Gasteiger partial charge in [0.1, 0.15) is 0 Å². The Kier molecular flexibility index (Phi) is 5.27. The van der Waals surface area contributed by atoms with Gasteiger partial charge in [-0.3, -0.25) is 4.79 Å². The lowest BCUT2D eigenvalue weighted by molar-refractivity contribution is -0.151. The van der Waals surface area contributed by atoms with Gasteiger partial charge in [-0.15, -0.1) is 0 Å². The SMILES string of the molecule is CON1CCC(CC(=O)N2CCc3c(ncn3-c3ccc(C)cc3)C2)CC1. The second kappa shape index (κ2) is 7.82. The molecule has 0 radical (unpaired) electrons. The number of nitrogens with zero attached hydrogens (tertiary/aromatic N) is 4. The number of amides is 1. The number of imidazole rings is 1. The zero-order valence-corrected chi connectivity index (χ0v) is 16.2. The molecule has 0 spiro atoms. The van der Waals surface area contributed by atoms with Crippen molar-refractivity contribution in [1.82, 2.24) is 19.5 Å². The molecule has 2 aliphatic rings. The van der Waals surface area contributed by atoms with Crippen LogP contribution in [0.5, 0.6) is 0 Å². The first-order chi connectivity index (χ1) is 13.1. The first kappa shape index (κ1) is 18.2. The summed E-state index contributed by atoms with van der Waals surface area (Å²) in [6.45, 7) is 5.33. The highest BCUT2D eigenvalue weighted by molar-refractivity contribution is 5.76. The third kappa shape index (κ3) is 3.92. The van der Waals surface area contributed by atoms with Crippen LogP contribution in [0.3, 0.4) is 0 Å². The zero-order valence-electron chi connectivity index (χ0n) is 16.2. The van der Waals surface area contributed by atoms with Gasteiger partial charge in [-0.1, -0.05) is 17.7 Å². The lowest BCUT2D eigenvalue weighted by Crippen LogP contribution is -2.39. The summed E-state index contributed by atoms with van der Waals surface area (Å²) in [4.78, 5) is 24.6. The minimum Gasteiger partial charge on any atom is -0.336 e. The molecule has 0 N–H and O–H groups in total. The topological polar surface area (TPSA) is 50.6 Å². The van der Waals surface area contributed by atoms with Crippen molar-refractivity contribution in [3.05, 3.63) is 47.5 Å². The molecule has 4 rings (SSSR count). The van der Waals surface area contributed by atoms with Gasteiger partial charge in [-0.2, -0.15) is 5.06 Å². The molecular formula is C21H28N4O2. The third-order valence-electron chi connectivity index (χ3n) is 5.87. The van der Waals surface area contributed by atoms with Crippen LogP contribution in [0.15, 0.2) is 30.6 Å². The second-order valence-electron chi connectivity index (χ2n) is 7.67. The fraction of sp³-hybridized carbons (Fsp3) is 0.524. The first-order valence-electron chi connectivity index (χ1n) is 9.83. The summed E-state index contributed by atoms with van der Waals surface area (Å²) < 4.78 is 2.16. The molecule has 1 aromatic carbocycles. The molecule has 0 bridgehead atoms. The number of hydroxylamine groups is 2. The predicted molar refractivity (Wildman–Crippen MR) is 103 cm³/mol. The molecule has 3 heterocycles. The van der Waals surface area contributed by atoms with Crippen LogP contribution >= 0.6 is 0 Å². The first-order valence-corrected chi connectivity index (χ1v) is 9.83. The normalized spacial score (nSPS) is 18.5. The number of aryl methyl sites for hydroxylation is 1. The number of benzene rings is 1. The van der Waals surface area contributed by atoms with Gasteiger partial charge in [0.25, 0.3) is 0 Å². The van der Waals surface area contributed by atoms with E-state index in [0.717, 1.165) is 50.3 Å². The molecule has 0 atom stereocenters. The molecule has 27 heavy (non-hydrogen) atoms. The summed E-state index contributed by atoms with van der Waals surface area (Å²) in [6, 6.07) is 8.49. The number of hydrogen-bond donors (Lipinski definition) is 0. The van der Waals surface area contributed by atoms with Crippen molar-refractivity contribution in [2.24, 2.45) is 5.92 Å². The van der Waals surface area contributed by atoms with Crippen LogP contribution in [0.4, 0.5) is 0 Å². The van der Waals surface area contributed by atoms with Gasteiger partial charge in [0.05, 0.1) is 25.7 Å². The van der Waals surface area contributed by atoms with E-state index in [1.54, 1.807) is 7.11 Å². The molecule has 2 aromatic rings. The standard InChI is InChI=1S/C21H28N4O2/c1-16-3-5-18(6-4-16)25-15-22-19-14-23(10-9-20(19)25)21(26)13-17-7-11-24(27-2)12-8-17/h3-6,15,17H,7-14H2,1-2H3. The molecule has 2 aliphatic heterocycles. The Morgan fingerprint density at radius 3 is 2.63 bits per heavy atom. The Hall–Kier alpha value is -2.18. The Bertz CT molecular complexity index is 791. The molecular weight excluding hydrogens is 340 g/mol. The van der Waals surface area contributed by atoms with Gasteiger partial charge in [0, 0.05) is 43.9 Å². The molecule has 1 fully saturated rings. The summed E-state index contributed by atoms with van der Waals surface area (Å²) in [5.41, 5.74) is 4.65. The highest BCUT2D eigenvalue weighted by atomic mass is 16.7. The molecule has 1 amide bonds. The predicted octanol–water partition coefficient (Wildman–Crippen LogP) is 2.73. The number of rotatable bonds is 4. The van der Waals surface area contributed by atoms with E-state index in [2.05, 4.69) is 40.7 Å². The van der Waals surface area contributed by atoms with E-state index in [4.69, 9.17) is 4.84 Å². The van der Waals surface area contributed by atoms with Crippen LogP contribution in [0.2, 0.25) is 0 Å². The van der Waals surface area contributed by atoms with Crippen molar-refractivity contribution in [2.45, 2.75) is 39.2 Å². The van der Waals surface area contributed by atoms with Crippen molar-refractivity contribution in [2.75, 3.05) is 26.7 Å². The van der Waals surface area contributed by atoms with Gasteiger partial charge in [0.15, 0.2) is 0 Å². The summed E-state index contributed by atoms with van der Waals surface area (Å²) in [5.74, 6) is 0.733. The van der Waals surface area contributed by atoms with Gasteiger partial charge in [0.2, 0.25) is 5.91 Å². The largest absolute Gasteiger partial charge is 0.336 e. The van der Waals surface area contributed by atoms with Crippen molar-refractivity contribution < 1.29 is 9.63 Å². The molecule has 144 valence electrons. The summed E-state index contributed by atoms with van der Waals surface area (Å²) >= 11 is 0. The average Bonchev–Trinajstić information content (AvgIpc) is 3.12. The number of carbonyl (C=O) groups excluding carboxylic acids is 1. The number of carbonyl (C=O) groups is 1.